The summed E-state index contributed by atoms with van der Waals surface area (Å²) in [6.07, 6.45) is 1.75. The fourth-order valence-corrected chi connectivity index (χ4v) is 4.47. The van der Waals surface area contributed by atoms with Gasteiger partial charge in [0.2, 0.25) is 0 Å². The van der Waals surface area contributed by atoms with Crippen molar-refractivity contribution in [2.45, 2.75) is 91.3 Å². The largest absolute Gasteiger partial charge is 0.497 e. The summed E-state index contributed by atoms with van der Waals surface area (Å²) in [5.74, 6) is -1.89. The molecule has 1 saturated heterocycles. The zero-order valence-electron chi connectivity index (χ0n) is 21.6. The first-order chi connectivity index (χ1) is 15.0. The highest BCUT2D eigenvalue weighted by Gasteiger charge is 2.52. The SMILES string of the molecule is Cc1nn(CCO[Si](C)(C)C(C)(C)C)cc1-c1ccc(B2OC(C)(C)C(C)(C)O2)c(F)c1F. The first-order valence-corrected chi connectivity index (χ1v) is 14.4. The molecule has 0 amide bonds. The van der Waals surface area contributed by atoms with Crippen molar-refractivity contribution in [1.29, 1.82) is 0 Å². The molecule has 2 aromatic rings. The zero-order chi connectivity index (χ0) is 25.0. The van der Waals surface area contributed by atoms with Crippen molar-refractivity contribution in [2.24, 2.45) is 0 Å². The van der Waals surface area contributed by atoms with Crippen LogP contribution in [0.25, 0.3) is 11.1 Å². The van der Waals surface area contributed by atoms with E-state index in [4.69, 9.17) is 13.7 Å². The third kappa shape index (κ3) is 4.97. The van der Waals surface area contributed by atoms with E-state index in [1.54, 1.807) is 23.9 Å². The molecule has 1 aromatic heterocycles. The predicted molar refractivity (Wildman–Crippen MR) is 131 cm³/mol. The van der Waals surface area contributed by atoms with Gasteiger partial charge in [-0.2, -0.15) is 5.10 Å². The van der Waals surface area contributed by atoms with E-state index in [-0.39, 0.29) is 16.1 Å². The van der Waals surface area contributed by atoms with Gasteiger partial charge >= 0.3 is 7.12 Å². The number of hydrogen-bond acceptors (Lipinski definition) is 4. The summed E-state index contributed by atoms with van der Waals surface area (Å²) in [6.45, 7) is 21.4. The Morgan fingerprint density at radius 2 is 1.61 bits per heavy atom. The van der Waals surface area contributed by atoms with Crippen molar-refractivity contribution in [3.63, 3.8) is 0 Å². The van der Waals surface area contributed by atoms with Crippen LogP contribution >= 0.6 is 0 Å². The monoisotopic (exact) mass is 478 g/mol. The van der Waals surface area contributed by atoms with E-state index in [0.29, 0.717) is 24.4 Å². The van der Waals surface area contributed by atoms with E-state index in [9.17, 15) is 0 Å². The Kier molecular flexibility index (Phi) is 6.78. The van der Waals surface area contributed by atoms with Crippen molar-refractivity contribution in [2.75, 3.05) is 6.61 Å². The van der Waals surface area contributed by atoms with Gasteiger partial charge < -0.3 is 13.7 Å². The minimum absolute atomic E-state index is 0.0581. The van der Waals surface area contributed by atoms with Gasteiger partial charge in [-0.25, -0.2) is 8.78 Å². The van der Waals surface area contributed by atoms with Crippen molar-refractivity contribution in [3.8, 4) is 11.1 Å². The summed E-state index contributed by atoms with van der Waals surface area (Å²) >= 11 is 0. The fraction of sp³-hybridized carbons (Fsp3) is 0.625. The molecule has 3 rings (SSSR count). The Balaban J connectivity index is 1.80. The molecule has 2 heterocycles. The van der Waals surface area contributed by atoms with Crippen LogP contribution < -0.4 is 5.46 Å². The highest BCUT2D eigenvalue weighted by atomic mass is 28.4. The van der Waals surface area contributed by atoms with Crippen molar-refractivity contribution < 1.29 is 22.5 Å². The third-order valence-electron chi connectivity index (χ3n) is 7.45. The van der Waals surface area contributed by atoms with Gasteiger partial charge in [0.25, 0.3) is 0 Å². The molecule has 33 heavy (non-hydrogen) atoms. The molecule has 0 aliphatic carbocycles. The van der Waals surface area contributed by atoms with Gasteiger partial charge in [-0.15, -0.1) is 0 Å². The molecule has 0 N–H and O–H groups in total. The average Bonchev–Trinajstić information content (AvgIpc) is 3.11. The lowest BCUT2D eigenvalue weighted by molar-refractivity contribution is 0.00578. The van der Waals surface area contributed by atoms with Gasteiger partial charge in [0, 0.05) is 22.8 Å². The van der Waals surface area contributed by atoms with Gasteiger partial charge in [0.1, 0.15) is 0 Å². The number of hydrogen-bond donors (Lipinski definition) is 0. The van der Waals surface area contributed by atoms with E-state index in [1.807, 2.05) is 27.7 Å². The Hall–Kier alpha value is -1.55. The van der Waals surface area contributed by atoms with Gasteiger partial charge in [-0.3, -0.25) is 4.68 Å². The minimum atomic E-state index is -1.86. The van der Waals surface area contributed by atoms with Gasteiger partial charge in [-0.1, -0.05) is 32.9 Å². The molecule has 9 heteroatoms. The molecule has 0 atom stereocenters. The Bertz CT molecular complexity index is 1020. The Morgan fingerprint density at radius 3 is 2.15 bits per heavy atom. The second-order valence-electron chi connectivity index (χ2n) is 11.4. The highest BCUT2D eigenvalue weighted by Crippen LogP contribution is 2.38. The molecular weight excluding hydrogens is 441 g/mol. The summed E-state index contributed by atoms with van der Waals surface area (Å²) in [5, 5.41) is 4.61. The predicted octanol–water partition coefficient (Wildman–Crippen LogP) is 5.46. The maximum Gasteiger partial charge on any atom is 0.497 e. The second-order valence-corrected chi connectivity index (χ2v) is 16.2. The van der Waals surface area contributed by atoms with E-state index in [2.05, 4.69) is 39.0 Å². The third-order valence-corrected chi connectivity index (χ3v) is 12.0. The van der Waals surface area contributed by atoms with Crippen molar-refractivity contribution >= 4 is 20.9 Å². The van der Waals surface area contributed by atoms with Crippen LogP contribution in [0, 0.1) is 18.6 Å². The topological polar surface area (TPSA) is 45.5 Å². The lowest BCUT2D eigenvalue weighted by Crippen LogP contribution is -2.41. The normalized spacial score (nSPS) is 18.2. The molecule has 0 unspecified atom stereocenters. The molecule has 1 aliphatic rings. The molecular formula is C24H37BF2N2O3Si. The summed E-state index contributed by atoms with van der Waals surface area (Å²) in [7, 11) is -2.82. The van der Waals surface area contributed by atoms with Crippen LogP contribution in [-0.4, -0.2) is 43.0 Å². The number of aromatic nitrogens is 2. The first-order valence-electron chi connectivity index (χ1n) is 11.5. The molecule has 0 radical (unpaired) electrons. The number of aryl methyl sites for hydroxylation is 1. The Morgan fingerprint density at radius 1 is 1.03 bits per heavy atom. The molecule has 182 valence electrons. The molecule has 0 spiro atoms. The highest BCUT2D eigenvalue weighted by molar-refractivity contribution is 6.74. The number of halogens is 2. The van der Waals surface area contributed by atoms with Crippen LogP contribution in [-0.2, 0) is 20.3 Å². The maximum absolute atomic E-state index is 15.2. The zero-order valence-corrected chi connectivity index (χ0v) is 22.6. The fourth-order valence-electron chi connectivity index (χ4n) is 3.43. The van der Waals surface area contributed by atoms with E-state index >= 15 is 8.78 Å². The summed E-state index contributed by atoms with van der Waals surface area (Å²) < 4.78 is 50.0. The van der Waals surface area contributed by atoms with E-state index in [0.717, 1.165) is 0 Å². The van der Waals surface area contributed by atoms with Crippen LogP contribution in [0.2, 0.25) is 18.1 Å². The summed E-state index contributed by atoms with van der Waals surface area (Å²) in [5.41, 5.74) is 0.139. The summed E-state index contributed by atoms with van der Waals surface area (Å²) in [4.78, 5) is 0. The molecule has 1 fully saturated rings. The molecule has 1 aliphatic heterocycles. The van der Waals surface area contributed by atoms with Crippen molar-refractivity contribution in [1.82, 2.24) is 9.78 Å². The summed E-state index contributed by atoms with van der Waals surface area (Å²) in [6, 6.07) is 3.10. The van der Waals surface area contributed by atoms with E-state index < -0.39 is 38.3 Å². The van der Waals surface area contributed by atoms with E-state index in [1.165, 1.54) is 6.07 Å². The molecule has 0 saturated carbocycles. The van der Waals surface area contributed by atoms with Gasteiger partial charge in [0.05, 0.1) is 30.0 Å². The molecule has 5 nitrogen and oxygen atoms in total. The van der Waals surface area contributed by atoms with Crippen LogP contribution in [0.4, 0.5) is 8.78 Å². The smallest absolute Gasteiger partial charge is 0.415 e. The van der Waals surface area contributed by atoms with Crippen LogP contribution in [0.1, 0.15) is 54.2 Å². The van der Waals surface area contributed by atoms with Gasteiger partial charge in [-0.05, 0) is 52.8 Å². The number of rotatable bonds is 6. The lowest BCUT2D eigenvalue weighted by Gasteiger charge is -2.36. The van der Waals surface area contributed by atoms with Crippen LogP contribution in [0.3, 0.4) is 0 Å². The molecule has 0 bridgehead atoms. The van der Waals surface area contributed by atoms with Crippen molar-refractivity contribution in [3.05, 3.63) is 35.7 Å². The maximum atomic E-state index is 15.2. The average molecular weight is 478 g/mol. The standard InChI is InChI=1S/C24H37BF2N2O3Si/c1-16-18(15-29(28-16)13-14-30-33(9,10)22(2,3)4)17-11-12-19(21(27)20(17)26)25-31-23(5,6)24(7,8)32-25/h11-12,15H,13-14H2,1-10H3. The second kappa shape index (κ2) is 8.59. The van der Waals surface area contributed by atoms with Crippen LogP contribution in [0.15, 0.2) is 18.3 Å². The number of nitrogens with zero attached hydrogens (tertiary/aromatic N) is 2. The number of benzene rings is 1. The molecule has 1 aromatic carbocycles. The minimum Gasteiger partial charge on any atom is -0.415 e. The first kappa shape index (κ1) is 26.1. The quantitative estimate of drug-likeness (QED) is 0.518. The van der Waals surface area contributed by atoms with Gasteiger partial charge in [0.15, 0.2) is 20.0 Å². The Labute approximate surface area is 198 Å². The lowest BCUT2D eigenvalue weighted by atomic mass is 9.78. The van der Waals surface area contributed by atoms with Crippen LogP contribution in [0.5, 0.6) is 0 Å².